The Kier molecular flexibility index (Phi) is 4.62. The van der Waals surface area contributed by atoms with Crippen molar-refractivity contribution < 1.29 is 4.12 Å². The summed E-state index contributed by atoms with van der Waals surface area (Å²) in [5.74, 6) is 0. The topological polar surface area (TPSA) is 9.23 Å². The van der Waals surface area contributed by atoms with Crippen molar-refractivity contribution in [2.45, 2.75) is 66.0 Å². The maximum Gasteiger partial charge on any atom is 0.173 e. The maximum absolute atomic E-state index is 6.30. The molecule has 0 N–H and O–H groups in total. The van der Waals surface area contributed by atoms with E-state index in [1.165, 1.54) is 12.5 Å². The molecule has 0 aliphatic carbocycles. The monoisotopic (exact) mass is 232 g/mol. The van der Waals surface area contributed by atoms with Crippen LogP contribution in [0.1, 0.15) is 27.2 Å². The van der Waals surface area contributed by atoms with Crippen LogP contribution in [0.5, 0.6) is 0 Å². The zero-order valence-electron chi connectivity index (χ0n) is 11.3. The van der Waals surface area contributed by atoms with Gasteiger partial charge in [-0.2, -0.15) is 0 Å². The molecule has 0 aliphatic rings. The van der Waals surface area contributed by atoms with Gasteiger partial charge in [-0.05, 0) is 50.6 Å². The lowest BCUT2D eigenvalue weighted by Crippen LogP contribution is -2.42. The first kappa shape index (κ1) is 14.4. The van der Waals surface area contributed by atoms with Crippen LogP contribution < -0.4 is 0 Å². The molecule has 0 rings (SSSR count). The first-order valence-electron chi connectivity index (χ1n) is 5.62. The van der Waals surface area contributed by atoms with Gasteiger partial charge >= 0.3 is 0 Å². The third-order valence-electron chi connectivity index (χ3n) is 2.06. The summed E-state index contributed by atoms with van der Waals surface area (Å²) in [5.41, 5.74) is 0.451. The quantitative estimate of drug-likeness (QED) is 0.650. The first-order valence-corrected chi connectivity index (χ1v) is 12.1. The predicted molar refractivity (Wildman–Crippen MR) is 70.8 cm³/mol. The molecule has 0 aliphatic heterocycles. The van der Waals surface area contributed by atoms with Gasteiger partial charge in [0, 0.05) is 0 Å². The van der Waals surface area contributed by atoms with Crippen LogP contribution in [0.25, 0.3) is 0 Å². The van der Waals surface area contributed by atoms with Crippen molar-refractivity contribution in [3.8, 4) is 0 Å². The van der Waals surface area contributed by atoms with Crippen molar-refractivity contribution in [3.05, 3.63) is 0 Å². The van der Waals surface area contributed by atoms with E-state index in [4.69, 9.17) is 4.12 Å². The molecule has 86 valence electrons. The summed E-state index contributed by atoms with van der Waals surface area (Å²) >= 11 is 0. The highest BCUT2D eigenvalue weighted by Crippen LogP contribution is 2.27. The molecule has 0 heterocycles. The van der Waals surface area contributed by atoms with Crippen molar-refractivity contribution in [3.63, 3.8) is 0 Å². The molecule has 0 aromatic rings. The minimum atomic E-state index is -1.39. The van der Waals surface area contributed by atoms with Gasteiger partial charge in [-0.15, -0.1) is 0 Å². The van der Waals surface area contributed by atoms with Gasteiger partial charge in [-0.3, -0.25) is 0 Å². The fraction of sp³-hybridized carbons (Fsp3) is 1.00. The molecule has 3 heteroatoms. The van der Waals surface area contributed by atoms with Crippen LogP contribution in [0.4, 0.5) is 0 Å². The summed E-state index contributed by atoms with van der Waals surface area (Å²) in [6.45, 7) is 18.5. The lowest BCUT2D eigenvalue weighted by molar-refractivity contribution is 0.386. The largest absolute Gasteiger partial charge is 0.456 e. The Morgan fingerprint density at radius 2 is 1.36 bits per heavy atom. The van der Waals surface area contributed by atoms with Gasteiger partial charge in [0.1, 0.15) is 0 Å². The minimum Gasteiger partial charge on any atom is -0.456 e. The van der Waals surface area contributed by atoms with Crippen LogP contribution in [0, 0.1) is 5.41 Å². The molecule has 0 spiro atoms. The lowest BCUT2D eigenvalue weighted by Gasteiger charge is -2.33. The normalized spacial score (nSPS) is 14.6. The number of hydrogen-bond donors (Lipinski definition) is 0. The highest BCUT2D eigenvalue weighted by molar-refractivity contribution is 6.84. The zero-order valence-corrected chi connectivity index (χ0v) is 13.3. The lowest BCUT2D eigenvalue weighted by atomic mass is 9.94. The van der Waals surface area contributed by atoms with Crippen molar-refractivity contribution in [2.75, 3.05) is 0 Å². The SMILES string of the molecule is CC(C)(C)CC[Si](C)(C)O[Si](C)(C)C. The Balaban J connectivity index is 4.09. The molecule has 0 fully saturated rings. The fourth-order valence-electron chi connectivity index (χ4n) is 1.56. The van der Waals surface area contributed by atoms with Gasteiger partial charge < -0.3 is 4.12 Å². The van der Waals surface area contributed by atoms with E-state index in [0.29, 0.717) is 5.41 Å². The Morgan fingerprint density at radius 3 is 1.64 bits per heavy atom. The van der Waals surface area contributed by atoms with Crippen molar-refractivity contribution in [1.82, 2.24) is 0 Å². The summed E-state index contributed by atoms with van der Waals surface area (Å²) in [7, 11) is -2.71. The molecule has 0 aromatic carbocycles. The molecule has 0 bridgehead atoms. The summed E-state index contributed by atoms with van der Waals surface area (Å²) < 4.78 is 6.30. The summed E-state index contributed by atoms with van der Waals surface area (Å²) in [5, 5.41) is 0. The Labute approximate surface area is 92.5 Å². The molecule has 0 amide bonds. The zero-order chi connectivity index (χ0) is 11.6. The molecular formula is C11H28OSi2. The van der Waals surface area contributed by atoms with Gasteiger partial charge in [0.2, 0.25) is 0 Å². The third-order valence-corrected chi connectivity index (χ3v) is 8.17. The average Bonchev–Trinajstić information content (AvgIpc) is 1.76. The Hall–Kier alpha value is 0.394. The van der Waals surface area contributed by atoms with Gasteiger partial charge in [0.05, 0.1) is 0 Å². The highest BCUT2D eigenvalue weighted by atomic mass is 28.4. The van der Waals surface area contributed by atoms with E-state index in [-0.39, 0.29) is 0 Å². The second kappa shape index (κ2) is 4.50. The van der Waals surface area contributed by atoms with Crippen LogP contribution in [0.15, 0.2) is 0 Å². The van der Waals surface area contributed by atoms with E-state index < -0.39 is 16.6 Å². The molecule has 0 aromatic heterocycles. The van der Waals surface area contributed by atoms with Crippen LogP contribution in [-0.2, 0) is 4.12 Å². The van der Waals surface area contributed by atoms with Gasteiger partial charge in [0.25, 0.3) is 0 Å². The second-order valence-corrected chi connectivity index (χ2v) is 16.1. The third kappa shape index (κ3) is 8.97. The van der Waals surface area contributed by atoms with E-state index in [1.54, 1.807) is 0 Å². The van der Waals surface area contributed by atoms with Crippen LogP contribution in [0.2, 0.25) is 38.8 Å². The average molecular weight is 233 g/mol. The predicted octanol–water partition coefficient (Wildman–Crippen LogP) is 4.48. The van der Waals surface area contributed by atoms with E-state index in [9.17, 15) is 0 Å². The molecule has 14 heavy (non-hydrogen) atoms. The standard InChI is InChI=1S/C11H28OSi2/c1-11(2,3)9-10-14(7,8)12-13(4,5)6/h9-10H2,1-8H3. The summed E-state index contributed by atoms with van der Waals surface area (Å²) in [6.07, 6.45) is 1.29. The van der Waals surface area contributed by atoms with Gasteiger partial charge in [0.15, 0.2) is 16.6 Å². The summed E-state index contributed by atoms with van der Waals surface area (Å²) in [6, 6.07) is 1.29. The van der Waals surface area contributed by atoms with Crippen molar-refractivity contribution >= 4 is 16.6 Å². The minimum absolute atomic E-state index is 0.451. The first-order chi connectivity index (χ1) is 5.91. The molecule has 0 unspecified atom stereocenters. The van der Waals surface area contributed by atoms with Crippen molar-refractivity contribution in [2.24, 2.45) is 5.41 Å². The summed E-state index contributed by atoms with van der Waals surface area (Å²) in [4.78, 5) is 0. The second-order valence-electron chi connectivity index (χ2n) is 7.03. The Morgan fingerprint density at radius 1 is 0.929 bits per heavy atom. The number of rotatable bonds is 4. The van der Waals surface area contributed by atoms with Crippen molar-refractivity contribution in [1.29, 1.82) is 0 Å². The van der Waals surface area contributed by atoms with Gasteiger partial charge in [-0.1, -0.05) is 20.8 Å². The number of hydrogen-bond acceptors (Lipinski definition) is 1. The van der Waals surface area contributed by atoms with E-state index in [0.717, 1.165) is 0 Å². The molecular weight excluding hydrogens is 204 g/mol. The molecule has 0 radical (unpaired) electrons. The smallest absolute Gasteiger partial charge is 0.173 e. The van der Waals surface area contributed by atoms with Gasteiger partial charge in [-0.25, -0.2) is 0 Å². The Bertz CT molecular complexity index is 175. The van der Waals surface area contributed by atoms with Crippen LogP contribution >= 0.6 is 0 Å². The maximum atomic E-state index is 6.30. The van der Waals surface area contributed by atoms with Crippen LogP contribution in [-0.4, -0.2) is 16.6 Å². The van der Waals surface area contributed by atoms with E-state index in [1.807, 2.05) is 0 Å². The molecule has 1 nitrogen and oxygen atoms in total. The molecule has 0 saturated carbocycles. The van der Waals surface area contributed by atoms with E-state index >= 15 is 0 Å². The molecule has 0 saturated heterocycles. The highest BCUT2D eigenvalue weighted by Gasteiger charge is 2.30. The fourth-order valence-corrected chi connectivity index (χ4v) is 9.95. The van der Waals surface area contributed by atoms with E-state index in [2.05, 4.69) is 53.5 Å². The molecule has 0 atom stereocenters. The van der Waals surface area contributed by atoms with Crippen LogP contribution in [0.3, 0.4) is 0 Å².